The molecule has 0 radical (unpaired) electrons. The van der Waals surface area contributed by atoms with Crippen molar-refractivity contribution in [3.05, 3.63) is 23.8 Å². The second-order valence-corrected chi connectivity index (χ2v) is 5.40. The Balaban J connectivity index is 2.20. The molecule has 0 bridgehead atoms. The fourth-order valence-corrected chi connectivity index (χ4v) is 2.34. The summed E-state index contributed by atoms with van der Waals surface area (Å²) in [5, 5.41) is 0. The monoisotopic (exact) mass is 261 g/mol. The second-order valence-electron chi connectivity index (χ2n) is 5.40. The summed E-state index contributed by atoms with van der Waals surface area (Å²) in [6.45, 7) is 2.94. The van der Waals surface area contributed by atoms with Crippen LogP contribution in [0.4, 0.5) is 11.4 Å². The number of nitrogen functional groups attached to an aromatic ring is 1. The molecule has 1 aliphatic rings. The van der Waals surface area contributed by atoms with Crippen molar-refractivity contribution in [2.75, 3.05) is 31.3 Å². The first-order chi connectivity index (χ1) is 9.04. The van der Waals surface area contributed by atoms with Gasteiger partial charge in [0, 0.05) is 32.2 Å². The Morgan fingerprint density at radius 1 is 1.37 bits per heavy atom. The predicted octanol–water partition coefficient (Wildman–Crippen LogP) is 2.35. The minimum absolute atomic E-state index is 0.112. The van der Waals surface area contributed by atoms with E-state index in [0.29, 0.717) is 17.3 Å². The first-order valence-corrected chi connectivity index (χ1v) is 6.92. The third kappa shape index (κ3) is 3.00. The largest absolute Gasteiger partial charge is 0.397 e. The van der Waals surface area contributed by atoms with Crippen LogP contribution in [0.5, 0.6) is 0 Å². The van der Waals surface area contributed by atoms with Crippen LogP contribution in [0.15, 0.2) is 18.2 Å². The van der Waals surface area contributed by atoms with Gasteiger partial charge in [0.15, 0.2) is 0 Å². The Bertz CT molecular complexity index is 466. The van der Waals surface area contributed by atoms with E-state index in [9.17, 15) is 4.79 Å². The number of nitrogens with two attached hydrogens (primary N) is 1. The van der Waals surface area contributed by atoms with Gasteiger partial charge in [0.1, 0.15) is 0 Å². The molecule has 0 spiro atoms. The van der Waals surface area contributed by atoms with Crippen molar-refractivity contribution >= 4 is 17.3 Å². The standard InChI is InChI=1S/C15H23N3O/c1-4-9-18(12-6-7-12)15(19)11-5-8-14(17(2)3)13(16)10-11/h5,8,10,12H,4,6-7,9,16H2,1-3H3. The number of carbonyl (C=O) groups excluding carboxylic acids is 1. The number of hydrogen-bond acceptors (Lipinski definition) is 3. The SMILES string of the molecule is CCCN(C(=O)c1ccc(N(C)C)c(N)c1)C1CC1. The molecule has 104 valence electrons. The lowest BCUT2D eigenvalue weighted by Gasteiger charge is -2.23. The molecule has 1 saturated carbocycles. The zero-order chi connectivity index (χ0) is 14.0. The topological polar surface area (TPSA) is 49.6 Å². The number of carbonyl (C=O) groups is 1. The summed E-state index contributed by atoms with van der Waals surface area (Å²) in [6, 6.07) is 6.03. The van der Waals surface area contributed by atoms with E-state index in [1.807, 2.05) is 36.0 Å². The van der Waals surface area contributed by atoms with Crippen molar-refractivity contribution in [3.63, 3.8) is 0 Å². The molecule has 1 fully saturated rings. The van der Waals surface area contributed by atoms with E-state index in [1.54, 1.807) is 6.07 Å². The molecule has 0 heterocycles. The number of hydrogen-bond donors (Lipinski definition) is 1. The van der Waals surface area contributed by atoms with Gasteiger partial charge in [-0.25, -0.2) is 0 Å². The maximum atomic E-state index is 12.5. The van der Waals surface area contributed by atoms with E-state index in [4.69, 9.17) is 5.73 Å². The van der Waals surface area contributed by atoms with Gasteiger partial charge in [-0.2, -0.15) is 0 Å². The molecule has 1 aromatic rings. The lowest BCUT2D eigenvalue weighted by atomic mass is 10.1. The van der Waals surface area contributed by atoms with Gasteiger partial charge >= 0.3 is 0 Å². The van der Waals surface area contributed by atoms with Crippen LogP contribution < -0.4 is 10.6 Å². The Labute approximate surface area is 115 Å². The van der Waals surface area contributed by atoms with Crippen LogP contribution in [0.1, 0.15) is 36.5 Å². The normalized spacial score (nSPS) is 14.3. The van der Waals surface area contributed by atoms with Gasteiger partial charge in [0.25, 0.3) is 5.91 Å². The highest BCUT2D eigenvalue weighted by molar-refractivity contribution is 5.96. The molecular weight excluding hydrogens is 238 g/mol. The summed E-state index contributed by atoms with van der Waals surface area (Å²) >= 11 is 0. The minimum Gasteiger partial charge on any atom is -0.397 e. The van der Waals surface area contributed by atoms with E-state index in [0.717, 1.165) is 31.5 Å². The molecule has 1 aromatic carbocycles. The highest BCUT2D eigenvalue weighted by atomic mass is 16.2. The maximum absolute atomic E-state index is 12.5. The molecule has 4 heteroatoms. The predicted molar refractivity (Wildman–Crippen MR) is 79.5 cm³/mol. The first kappa shape index (κ1) is 13.7. The number of anilines is 2. The van der Waals surface area contributed by atoms with Gasteiger partial charge in [-0.3, -0.25) is 4.79 Å². The molecule has 0 atom stereocenters. The molecule has 0 saturated heterocycles. The van der Waals surface area contributed by atoms with Gasteiger partial charge in [-0.1, -0.05) is 6.92 Å². The Morgan fingerprint density at radius 2 is 2.05 bits per heavy atom. The summed E-state index contributed by atoms with van der Waals surface area (Å²) in [4.78, 5) is 16.4. The Morgan fingerprint density at radius 3 is 2.53 bits per heavy atom. The van der Waals surface area contributed by atoms with Crippen molar-refractivity contribution in [1.29, 1.82) is 0 Å². The average molecular weight is 261 g/mol. The molecule has 0 unspecified atom stereocenters. The van der Waals surface area contributed by atoms with Crippen LogP contribution in [0.25, 0.3) is 0 Å². The summed E-state index contributed by atoms with van der Waals surface area (Å²) in [5.41, 5.74) is 8.32. The molecule has 19 heavy (non-hydrogen) atoms. The van der Waals surface area contributed by atoms with Gasteiger partial charge < -0.3 is 15.5 Å². The fourth-order valence-electron chi connectivity index (χ4n) is 2.34. The number of rotatable bonds is 5. The Hall–Kier alpha value is -1.71. The summed E-state index contributed by atoms with van der Waals surface area (Å²) in [5.74, 6) is 0.112. The molecule has 1 amide bonds. The molecular formula is C15H23N3O. The number of amides is 1. The zero-order valence-electron chi connectivity index (χ0n) is 12.0. The van der Waals surface area contributed by atoms with E-state index in [-0.39, 0.29) is 5.91 Å². The number of benzene rings is 1. The van der Waals surface area contributed by atoms with Crippen LogP contribution in [-0.4, -0.2) is 37.5 Å². The van der Waals surface area contributed by atoms with Crippen LogP contribution in [0, 0.1) is 0 Å². The second kappa shape index (κ2) is 5.51. The van der Waals surface area contributed by atoms with Crippen LogP contribution in [0.3, 0.4) is 0 Å². The highest BCUT2D eigenvalue weighted by Crippen LogP contribution is 2.30. The van der Waals surface area contributed by atoms with Crippen LogP contribution in [0.2, 0.25) is 0 Å². The quantitative estimate of drug-likeness (QED) is 0.828. The van der Waals surface area contributed by atoms with Crippen LogP contribution >= 0.6 is 0 Å². The maximum Gasteiger partial charge on any atom is 0.254 e. The smallest absolute Gasteiger partial charge is 0.254 e. The van der Waals surface area contributed by atoms with Crippen molar-refractivity contribution in [1.82, 2.24) is 4.90 Å². The van der Waals surface area contributed by atoms with E-state index < -0.39 is 0 Å². The Kier molecular flexibility index (Phi) is 3.98. The molecule has 2 rings (SSSR count). The van der Waals surface area contributed by atoms with Gasteiger partial charge in [0.2, 0.25) is 0 Å². The zero-order valence-corrected chi connectivity index (χ0v) is 12.0. The summed E-state index contributed by atoms with van der Waals surface area (Å²) in [6.07, 6.45) is 3.27. The van der Waals surface area contributed by atoms with Gasteiger partial charge in [-0.15, -0.1) is 0 Å². The third-order valence-electron chi connectivity index (χ3n) is 3.47. The first-order valence-electron chi connectivity index (χ1n) is 6.92. The van der Waals surface area contributed by atoms with Crippen molar-refractivity contribution in [2.24, 2.45) is 0 Å². The minimum atomic E-state index is 0.112. The van der Waals surface area contributed by atoms with E-state index in [1.165, 1.54) is 0 Å². The molecule has 4 nitrogen and oxygen atoms in total. The van der Waals surface area contributed by atoms with Crippen molar-refractivity contribution in [2.45, 2.75) is 32.2 Å². The lowest BCUT2D eigenvalue weighted by Crippen LogP contribution is -2.33. The molecule has 0 aromatic heterocycles. The molecule has 0 aliphatic heterocycles. The third-order valence-corrected chi connectivity index (χ3v) is 3.47. The molecule has 2 N–H and O–H groups in total. The van der Waals surface area contributed by atoms with E-state index in [2.05, 4.69) is 6.92 Å². The average Bonchev–Trinajstić information content (AvgIpc) is 3.18. The summed E-state index contributed by atoms with van der Waals surface area (Å²) in [7, 11) is 3.89. The highest BCUT2D eigenvalue weighted by Gasteiger charge is 2.32. The fraction of sp³-hybridized carbons (Fsp3) is 0.533. The van der Waals surface area contributed by atoms with Crippen molar-refractivity contribution in [3.8, 4) is 0 Å². The van der Waals surface area contributed by atoms with Gasteiger partial charge in [0.05, 0.1) is 11.4 Å². The van der Waals surface area contributed by atoms with E-state index >= 15 is 0 Å². The number of nitrogens with zero attached hydrogens (tertiary/aromatic N) is 2. The summed E-state index contributed by atoms with van der Waals surface area (Å²) < 4.78 is 0. The lowest BCUT2D eigenvalue weighted by molar-refractivity contribution is 0.0743. The van der Waals surface area contributed by atoms with Gasteiger partial charge in [-0.05, 0) is 37.5 Å². The van der Waals surface area contributed by atoms with Crippen molar-refractivity contribution < 1.29 is 4.79 Å². The molecule has 1 aliphatic carbocycles. The van der Waals surface area contributed by atoms with Crippen LogP contribution in [-0.2, 0) is 0 Å².